The quantitative estimate of drug-likeness (QED) is 0.412. The molecule has 0 aromatic heterocycles. The maximum absolute atomic E-state index is 3.85. The molecule has 0 bridgehead atoms. The van der Waals surface area contributed by atoms with Crippen LogP contribution >= 0.6 is 22.6 Å². The minimum atomic E-state index is 0.979. The third-order valence-electron chi connectivity index (χ3n) is 0.546. The second kappa shape index (κ2) is 2.20. The van der Waals surface area contributed by atoms with Gasteiger partial charge in [0.25, 0.3) is 0 Å². The summed E-state index contributed by atoms with van der Waals surface area (Å²) in [5, 5.41) is 0. The van der Waals surface area contributed by atoms with E-state index >= 15 is 0 Å². The third kappa shape index (κ3) is 1.38. The van der Waals surface area contributed by atoms with E-state index in [1.807, 2.05) is 6.08 Å². The van der Waals surface area contributed by atoms with Crippen LogP contribution in [0.4, 0.5) is 0 Å². The Morgan fingerprint density at radius 1 is 1.71 bits per heavy atom. The van der Waals surface area contributed by atoms with Crippen LogP contribution in [0.15, 0.2) is 14.8 Å². The first kappa shape index (κ1) is 4.96. The lowest BCUT2D eigenvalue weighted by Crippen LogP contribution is -1.90. The minimum absolute atomic E-state index is 0.979. The van der Waals surface area contributed by atoms with Gasteiger partial charge in [0.05, 0.1) is 0 Å². The number of nitrogens with zero attached hydrogens (tertiary/aromatic N) is 2. The van der Waals surface area contributed by atoms with Crippen molar-refractivity contribution < 1.29 is 0 Å². The van der Waals surface area contributed by atoms with E-state index in [1.54, 1.807) is 6.21 Å². The Morgan fingerprint density at radius 3 is 2.86 bits per heavy atom. The first-order chi connectivity index (χ1) is 3.39. The standard InChI is InChI=1S/C4H3IN2/c5-4-1-2-6-3-7-4/h1-3H/q+1. The second-order valence-electron chi connectivity index (χ2n) is 1.03. The van der Waals surface area contributed by atoms with Crippen molar-refractivity contribution in [3.8, 4) is 0 Å². The largest absolute Gasteiger partial charge is 0.328 e. The number of rotatable bonds is 0. The molecular weight excluding hydrogens is 203 g/mol. The maximum atomic E-state index is 3.85. The van der Waals surface area contributed by atoms with Crippen LogP contribution in [0.2, 0.25) is 0 Å². The molecule has 35 valence electrons. The highest BCUT2D eigenvalue weighted by Gasteiger charge is 1.95. The molecule has 3 heteroatoms. The van der Waals surface area contributed by atoms with Gasteiger partial charge in [0.1, 0.15) is 6.21 Å². The molecule has 0 spiro atoms. The Hall–Kier alpha value is -0.190. The fraction of sp³-hybridized carbons (Fsp3) is 0. The summed E-state index contributed by atoms with van der Waals surface area (Å²) in [4.78, 5) is 7.58. The van der Waals surface area contributed by atoms with Crippen LogP contribution in [0.5, 0.6) is 0 Å². The van der Waals surface area contributed by atoms with E-state index in [4.69, 9.17) is 0 Å². The lowest BCUT2D eigenvalue weighted by atomic mass is 10.6. The zero-order valence-corrected chi connectivity index (χ0v) is 5.66. The van der Waals surface area contributed by atoms with Gasteiger partial charge in [-0.25, -0.2) is 0 Å². The summed E-state index contributed by atoms with van der Waals surface area (Å²) in [6.07, 6.45) is 5.09. The highest BCUT2D eigenvalue weighted by molar-refractivity contribution is 14.1. The van der Waals surface area contributed by atoms with Gasteiger partial charge in [-0.3, -0.25) is 0 Å². The fourth-order valence-corrected chi connectivity index (χ4v) is 0.560. The molecule has 0 N–H and O–H groups in total. The van der Waals surface area contributed by atoms with Gasteiger partial charge in [0.15, 0.2) is 0 Å². The van der Waals surface area contributed by atoms with Crippen molar-refractivity contribution in [1.29, 1.82) is 0 Å². The van der Waals surface area contributed by atoms with E-state index in [2.05, 4.69) is 32.6 Å². The lowest BCUT2D eigenvalue weighted by molar-refractivity contribution is 1.36. The molecule has 1 aliphatic rings. The molecule has 7 heavy (non-hydrogen) atoms. The number of halogens is 1. The van der Waals surface area contributed by atoms with Crippen LogP contribution in [0, 0.1) is 0 Å². The van der Waals surface area contributed by atoms with Crippen molar-refractivity contribution in [3.63, 3.8) is 0 Å². The van der Waals surface area contributed by atoms with E-state index in [1.165, 1.54) is 6.34 Å². The van der Waals surface area contributed by atoms with Gasteiger partial charge in [0, 0.05) is 28.7 Å². The van der Waals surface area contributed by atoms with E-state index in [0.717, 1.165) is 3.70 Å². The Kier molecular flexibility index (Phi) is 1.56. The summed E-state index contributed by atoms with van der Waals surface area (Å²) < 4.78 is 0.979. The third-order valence-corrected chi connectivity index (χ3v) is 1.18. The van der Waals surface area contributed by atoms with Crippen molar-refractivity contribution in [2.24, 2.45) is 4.99 Å². The first-order valence-corrected chi connectivity index (χ1v) is 2.89. The molecule has 2 nitrogen and oxygen atoms in total. The van der Waals surface area contributed by atoms with Gasteiger partial charge >= 0.3 is 6.34 Å². The van der Waals surface area contributed by atoms with Crippen molar-refractivity contribution in [2.75, 3.05) is 0 Å². The molecule has 0 unspecified atom stereocenters. The van der Waals surface area contributed by atoms with E-state index in [0.29, 0.717) is 0 Å². The average Bonchev–Trinajstić information content (AvgIpc) is 1.69. The summed E-state index contributed by atoms with van der Waals surface area (Å²) in [7, 11) is 0. The summed E-state index contributed by atoms with van der Waals surface area (Å²) in [6, 6.07) is 0. The average molecular weight is 206 g/mol. The number of hydrogen-bond acceptors (Lipinski definition) is 2. The molecule has 1 heterocycles. The van der Waals surface area contributed by atoms with Gasteiger partial charge in [-0.05, 0) is 4.99 Å². The Balaban J connectivity index is 2.82. The number of hydrogen-bond donors (Lipinski definition) is 0. The predicted octanol–water partition coefficient (Wildman–Crippen LogP) is 0.711. The summed E-state index contributed by atoms with van der Waals surface area (Å²) >= 11 is 2.13. The SMILES string of the molecule is IC1=CC=NC=[N+]1. The monoisotopic (exact) mass is 206 g/mol. The van der Waals surface area contributed by atoms with Crippen molar-refractivity contribution >= 4 is 35.1 Å². The van der Waals surface area contributed by atoms with Gasteiger partial charge in [-0.1, -0.05) is 4.99 Å². The van der Waals surface area contributed by atoms with Gasteiger partial charge in [-0.15, -0.1) is 0 Å². The van der Waals surface area contributed by atoms with Crippen LogP contribution in [-0.2, 0) is 0 Å². The highest BCUT2D eigenvalue weighted by Crippen LogP contribution is 1.98. The summed E-state index contributed by atoms with van der Waals surface area (Å²) in [5.41, 5.74) is 0. The van der Waals surface area contributed by atoms with Crippen LogP contribution in [-0.4, -0.2) is 12.6 Å². The van der Waals surface area contributed by atoms with Crippen molar-refractivity contribution in [3.05, 3.63) is 9.78 Å². The number of allylic oxidation sites excluding steroid dienone is 1. The minimum Gasteiger partial charge on any atom is -0.0532 e. The molecular formula is C4H3IN2+. The van der Waals surface area contributed by atoms with E-state index < -0.39 is 0 Å². The maximum Gasteiger partial charge on any atom is 0.328 e. The van der Waals surface area contributed by atoms with Gasteiger partial charge in [-0.2, -0.15) is 0 Å². The Morgan fingerprint density at radius 2 is 2.57 bits per heavy atom. The summed E-state index contributed by atoms with van der Waals surface area (Å²) in [6.45, 7) is 0. The zero-order valence-electron chi connectivity index (χ0n) is 3.50. The Bertz CT molecular complexity index is 146. The van der Waals surface area contributed by atoms with E-state index in [-0.39, 0.29) is 0 Å². The fourth-order valence-electron chi connectivity index (χ4n) is 0.275. The highest BCUT2D eigenvalue weighted by atomic mass is 127. The second-order valence-corrected chi connectivity index (χ2v) is 2.14. The molecule has 0 aromatic carbocycles. The van der Waals surface area contributed by atoms with Gasteiger partial charge in [0.2, 0.25) is 3.70 Å². The van der Waals surface area contributed by atoms with Crippen LogP contribution in [0.25, 0.3) is 0 Å². The van der Waals surface area contributed by atoms with E-state index in [9.17, 15) is 0 Å². The molecule has 0 saturated heterocycles. The van der Waals surface area contributed by atoms with Crippen LogP contribution < -0.4 is 4.99 Å². The normalized spacial score (nSPS) is 17.0. The van der Waals surface area contributed by atoms with Crippen molar-refractivity contribution in [2.45, 2.75) is 0 Å². The smallest absolute Gasteiger partial charge is 0.0532 e. The molecule has 0 aliphatic carbocycles. The molecule has 0 aromatic rings. The molecule has 0 fully saturated rings. The summed E-state index contributed by atoms with van der Waals surface area (Å²) in [5.74, 6) is 0. The topological polar surface area (TPSA) is 26.5 Å². The number of aliphatic imine (C=N–C) groups is 2. The molecule has 0 atom stereocenters. The molecule has 1 rings (SSSR count). The van der Waals surface area contributed by atoms with Crippen LogP contribution in [0.1, 0.15) is 0 Å². The van der Waals surface area contributed by atoms with Gasteiger partial charge < -0.3 is 0 Å². The molecule has 0 amide bonds. The predicted molar refractivity (Wildman–Crippen MR) is 38.8 cm³/mol. The molecule has 1 aliphatic heterocycles. The molecule has 1 radical (unpaired) electrons. The lowest BCUT2D eigenvalue weighted by Gasteiger charge is -1.73. The first-order valence-electron chi connectivity index (χ1n) is 1.81. The van der Waals surface area contributed by atoms with Crippen molar-refractivity contribution in [1.82, 2.24) is 4.99 Å². The Labute approximate surface area is 55.2 Å². The van der Waals surface area contributed by atoms with Crippen LogP contribution in [0.3, 0.4) is 0 Å². The zero-order chi connectivity index (χ0) is 5.11. The molecule has 0 saturated carbocycles.